The number of amides is 2. The third-order valence-corrected chi connectivity index (χ3v) is 4.75. The van der Waals surface area contributed by atoms with Crippen LogP contribution in [0.2, 0.25) is 0 Å². The Morgan fingerprint density at radius 3 is 2.52 bits per heavy atom. The lowest BCUT2D eigenvalue weighted by molar-refractivity contribution is -0.146. The Balaban J connectivity index is 1.54. The van der Waals surface area contributed by atoms with Crippen molar-refractivity contribution in [2.45, 2.75) is 32.3 Å². The number of ether oxygens (including phenoxy) is 1. The first-order valence-corrected chi connectivity index (χ1v) is 8.32. The average molecular weight is 319 g/mol. The lowest BCUT2D eigenvalue weighted by Gasteiger charge is -2.40. The third-order valence-electron chi connectivity index (χ3n) is 4.75. The summed E-state index contributed by atoms with van der Waals surface area (Å²) < 4.78 is 5.70. The van der Waals surface area contributed by atoms with Crippen LogP contribution in [-0.2, 0) is 9.53 Å². The maximum absolute atomic E-state index is 12.7. The minimum absolute atomic E-state index is 0.00861. The number of nitrogens with zero attached hydrogens (tertiary/aromatic N) is 2. The topological polar surface area (TPSA) is 65.6 Å². The van der Waals surface area contributed by atoms with Crippen molar-refractivity contribution in [2.75, 3.05) is 32.8 Å². The van der Waals surface area contributed by atoms with Crippen molar-refractivity contribution >= 4 is 11.8 Å². The molecule has 1 aromatic rings. The van der Waals surface area contributed by atoms with E-state index in [9.17, 15) is 9.59 Å². The molecule has 0 aromatic carbocycles. The van der Waals surface area contributed by atoms with Crippen LogP contribution in [-0.4, -0.2) is 65.0 Å². The van der Waals surface area contributed by atoms with E-state index in [2.05, 4.69) is 4.98 Å². The molecule has 0 aliphatic carbocycles. The van der Waals surface area contributed by atoms with E-state index in [4.69, 9.17) is 4.74 Å². The van der Waals surface area contributed by atoms with Crippen LogP contribution in [0, 0.1) is 5.92 Å². The number of H-pyrrole nitrogens is 1. The van der Waals surface area contributed by atoms with Crippen molar-refractivity contribution in [2.24, 2.45) is 5.92 Å². The molecule has 2 saturated heterocycles. The van der Waals surface area contributed by atoms with Gasteiger partial charge in [-0.3, -0.25) is 9.59 Å². The Labute approximate surface area is 136 Å². The second-order valence-electron chi connectivity index (χ2n) is 7.00. The minimum atomic E-state index is -0.218. The number of carbonyl (C=O) groups is 2. The van der Waals surface area contributed by atoms with Gasteiger partial charge in [-0.15, -0.1) is 0 Å². The molecule has 3 rings (SSSR count). The Bertz CT molecular complexity index is 560. The fraction of sp³-hybridized carbons (Fsp3) is 0.647. The molecule has 126 valence electrons. The van der Waals surface area contributed by atoms with E-state index >= 15 is 0 Å². The van der Waals surface area contributed by atoms with Gasteiger partial charge in [0, 0.05) is 44.9 Å². The fourth-order valence-corrected chi connectivity index (χ4v) is 3.46. The standard InChI is InChI=1S/C17H25N3O3/c1-17(2)12-13(5-11-23-17)15(21)19-7-9-20(10-8-19)16(22)14-4-3-6-18-14/h3-4,6,13,18H,5,7-12H2,1-2H3/t13-/m0/s1. The summed E-state index contributed by atoms with van der Waals surface area (Å²) in [5, 5.41) is 0. The Morgan fingerprint density at radius 1 is 1.22 bits per heavy atom. The predicted molar refractivity (Wildman–Crippen MR) is 86.0 cm³/mol. The number of nitrogens with one attached hydrogen (secondary N) is 1. The van der Waals surface area contributed by atoms with E-state index < -0.39 is 0 Å². The highest BCUT2D eigenvalue weighted by Crippen LogP contribution is 2.30. The molecular weight excluding hydrogens is 294 g/mol. The molecule has 6 nitrogen and oxygen atoms in total. The average Bonchev–Trinajstić information content (AvgIpc) is 3.07. The molecule has 2 amide bonds. The van der Waals surface area contributed by atoms with E-state index in [1.165, 1.54) is 0 Å². The molecule has 1 atom stereocenters. The second-order valence-corrected chi connectivity index (χ2v) is 7.00. The first kappa shape index (κ1) is 16.1. The highest BCUT2D eigenvalue weighted by Gasteiger charge is 2.36. The number of hydrogen-bond acceptors (Lipinski definition) is 3. The second kappa shape index (κ2) is 6.35. The van der Waals surface area contributed by atoms with Crippen molar-refractivity contribution < 1.29 is 14.3 Å². The lowest BCUT2D eigenvalue weighted by Crippen LogP contribution is -2.53. The Kier molecular flexibility index (Phi) is 4.43. The quantitative estimate of drug-likeness (QED) is 0.898. The molecule has 2 aliphatic rings. The first-order chi connectivity index (χ1) is 11.0. The summed E-state index contributed by atoms with van der Waals surface area (Å²) >= 11 is 0. The first-order valence-electron chi connectivity index (χ1n) is 8.32. The monoisotopic (exact) mass is 319 g/mol. The molecule has 0 radical (unpaired) electrons. The summed E-state index contributed by atoms with van der Waals surface area (Å²) in [6.07, 6.45) is 3.32. The van der Waals surface area contributed by atoms with Crippen molar-refractivity contribution in [3.8, 4) is 0 Å². The van der Waals surface area contributed by atoms with Crippen LogP contribution in [0.3, 0.4) is 0 Å². The van der Waals surface area contributed by atoms with Crippen LogP contribution in [0.4, 0.5) is 0 Å². The van der Waals surface area contributed by atoms with Crippen LogP contribution >= 0.6 is 0 Å². The molecule has 2 aliphatic heterocycles. The van der Waals surface area contributed by atoms with Crippen LogP contribution in [0.25, 0.3) is 0 Å². The van der Waals surface area contributed by atoms with Crippen molar-refractivity contribution in [3.63, 3.8) is 0 Å². The highest BCUT2D eigenvalue weighted by atomic mass is 16.5. The van der Waals surface area contributed by atoms with Crippen LogP contribution in [0.15, 0.2) is 18.3 Å². The number of hydrogen-bond donors (Lipinski definition) is 1. The molecule has 6 heteroatoms. The van der Waals surface area contributed by atoms with E-state index in [0.717, 1.165) is 12.8 Å². The third kappa shape index (κ3) is 3.58. The number of aromatic amines is 1. The number of carbonyl (C=O) groups excluding carboxylic acids is 2. The van der Waals surface area contributed by atoms with E-state index in [1.54, 1.807) is 12.3 Å². The smallest absolute Gasteiger partial charge is 0.270 e. The van der Waals surface area contributed by atoms with Gasteiger partial charge < -0.3 is 19.5 Å². The van der Waals surface area contributed by atoms with E-state index in [1.807, 2.05) is 29.7 Å². The Hall–Kier alpha value is -1.82. The minimum Gasteiger partial charge on any atom is -0.376 e. The van der Waals surface area contributed by atoms with Gasteiger partial charge in [0.05, 0.1) is 5.60 Å². The zero-order chi connectivity index (χ0) is 16.4. The van der Waals surface area contributed by atoms with Crippen molar-refractivity contribution in [1.82, 2.24) is 14.8 Å². The molecule has 23 heavy (non-hydrogen) atoms. The van der Waals surface area contributed by atoms with Crippen molar-refractivity contribution in [3.05, 3.63) is 24.0 Å². The van der Waals surface area contributed by atoms with E-state index in [0.29, 0.717) is 38.5 Å². The molecule has 0 unspecified atom stereocenters. The Morgan fingerprint density at radius 2 is 1.91 bits per heavy atom. The zero-order valence-corrected chi connectivity index (χ0v) is 13.9. The van der Waals surface area contributed by atoms with Crippen LogP contribution in [0.5, 0.6) is 0 Å². The molecule has 3 heterocycles. The molecule has 2 fully saturated rings. The molecule has 1 aromatic heterocycles. The van der Waals surface area contributed by atoms with Crippen molar-refractivity contribution in [1.29, 1.82) is 0 Å². The molecule has 0 spiro atoms. The maximum atomic E-state index is 12.7. The molecule has 0 bridgehead atoms. The van der Waals surface area contributed by atoms with Gasteiger partial charge in [0.15, 0.2) is 0 Å². The van der Waals surface area contributed by atoms with Gasteiger partial charge in [0.2, 0.25) is 5.91 Å². The van der Waals surface area contributed by atoms with Gasteiger partial charge in [0.1, 0.15) is 5.69 Å². The summed E-state index contributed by atoms with van der Waals surface area (Å²) in [5.41, 5.74) is 0.389. The van der Waals surface area contributed by atoms with E-state index in [-0.39, 0.29) is 23.3 Å². The molecule has 0 saturated carbocycles. The van der Waals surface area contributed by atoms with Gasteiger partial charge in [-0.25, -0.2) is 0 Å². The number of aromatic nitrogens is 1. The van der Waals surface area contributed by atoms with Crippen LogP contribution < -0.4 is 0 Å². The van der Waals surface area contributed by atoms with Gasteiger partial charge in [-0.2, -0.15) is 0 Å². The molecule has 1 N–H and O–H groups in total. The summed E-state index contributed by atoms with van der Waals surface area (Å²) in [6.45, 7) is 7.14. The maximum Gasteiger partial charge on any atom is 0.270 e. The summed E-state index contributed by atoms with van der Waals surface area (Å²) in [7, 11) is 0. The van der Waals surface area contributed by atoms with Gasteiger partial charge in [-0.1, -0.05) is 0 Å². The number of piperazine rings is 1. The van der Waals surface area contributed by atoms with Gasteiger partial charge in [0.25, 0.3) is 5.91 Å². The summed E-state index contributed by atoms with van der Waals surface area (Å²) in [5.74, 6) is 0.270. The van der Waals surface area contributed by atoms with Crippen LogP contribution in [0.1, 0.15) is 37.2 Å². The zero-order valence-electron chi connectivity index (χ0n) is 13.9. The summed E-state index contributed by atoms with van der Waals surface area (Å²) in [6, 6.07) is 3.60. The fourth-order valence-electron chi connectivity index (χ4n) is 3.46. The molecular formula is C17H25N3O3. The predicted octanol–water partition coefficient (Wildman–Crippen LogP) is 1.50. The normalized spacial score (nSPS) is 24.5. The SMILES string of the molecule is CC1(C)C[C@@H](C(=O)N2CCN(C(=O)c3ccc[nH]3)CC2)CCO1. The summed E-state index contributed by atoms with van der Waals surface area (Å²) in [4.78, 5) is 31.7. The number of rotatable bonds is 2. The van der Waals surface area contributed by atoms with Gasteiger partial charge in [-0.05, 0) is 38.8 Å². The highest BCUT2D eigenvalue weighted by molar-refractivity contribution is 5.92. The lowest BCUT2D eigenvalue weighted by atomic mass is 9.87. The van der Waals surface area contributed by atoms with Gasteiger partial charge >= 0.3 is 0 Å². The largest absolute Gasteiger partial charge is 0.376 e.